The molecule has 284 valence electrons. The van der Waals surface area contributed by atoms with E-state index in [-0.39, 0.29) is 0 Å². The molecule has 0 spiro atoms. The van der Waals surface area contributed by atoms with Gasteiger partial charge in [0.25, 0.3) is 0 Å². The van der Waals surface area contributed by atoms with E-state index in [4.69, 9.17) is 0 Å². The average Bonchev–Trinajstić information content (AvgIpc) is 3.62. The Labute approximate surface area is 335 Å². The highest BCUT2D eigenvalue weighted by Crippen LogP contribution is 2.44. The Balaban J connectivity index is 0.865. The average molecular weight is 735 g/mol. The lowest BCUT2D eigenvalue weighted by Gasteiger charge is -2.38. The lowest BCUT2D eigenvalue weighted by Crippen LogP contribution is -2.34. The molecule has 1 aromatic rings. The Kier molecular flexibility index (Phi) is 10.1. The molecule has 2 nitrogen and oxygen atoms in total. The van der Waals surface area contributed by atoms with Crippen molar-refractivity contribution < 1.29 is 0 Å². The van der Waals surface area contributed by atoms with Crippen molar-refractivity contribution in [3.05, 3.63) is 183 Å². The molecule has 0 bridgehead atoms. The molecule has 4 atom stereocenters. The second-order valence-corrected chi connectivity index (χ2v) is 17.3. The van der Waals surface area contributed by atoms with Gasteiger partial charge in [-0.1, -0.05) is 121 Å². The van der Waals surface area contributed by atoms with Crippen LogP contribution in [0, 0.1) is 17.8 Å². The summed E-state index contributed by atoms with van der Waals surface area (Å²) in [4.78, 5) is 2.68. The van der Waals surface area contributed by atoms with Crippen molar-refractivity contribution >= 4 is 17.8 Å². The van der Waals surface area contributed by atoms with Crippen LogP contribution in [0.2, 0.25) is 0 Å². The molecule has 1 heterocycles. The zero-order valence-electron chi connectivity index (χ0n) is 33.2. The van der Waals surface area contributed by atoms with Gasteiger partial charge in [0.15, 0.2) is 0 Å². The summed E-state index contributed by atoms with van der Waals surface area (Å²) in [6, 6.07) is 0.345. The fourth-order valence-electron chi connectivity index (χ4n) is 10.9. The minimum atomic E-state index is 0.345. The fraction of sp³-hybridized carbons (Fsp3) is 0.370. The van der Waals surface area contributed by atoms with Crippen LogP contribution in [0.4, 0.5) is 0 Å². The van der Waals surface area contributed by atoms with Crippen molar-refractivity contribution in [2.24, 2.45) is 17.8 Å². The number of nitrogens with zero attached hydrogens (tertiary/aromatic N) is 2. The van der Waals surface area contributed by atoms with E-state index in [2.05, 4.69) is 143 Å². The Hall–Kier alpha value is -4.82. The molecule has 0 fully saturated rings. The van der Waals surface area contributed by atoms with E-state index in [1.54, 1.807) is 28.1 Å². The topological polar surface area (TPSA) is 8.17 Å². The molecule has 0 saturated heterocycles. The van der Waals surface area contributed by atoms with Gasteiger partial charge in [-0.15, -0.1) is 0 Å². The van der Waals surface area contributed by atoms with Gasteiger partial charge in [0.2, 0.25) is 0 Å². The van der Waals surface area contributed by atoms with Gasteiger partial charge in [0.1, 0.15) is 0 Å². The maximum atomic E-state index is 2.68. The van der Waals surface area contributed by atoms with Crippen molar-refractivity contribution in [1.29, 1.82) is 0 Å². The Morgan fingerprint density at radius 2 is 1.41 bits per heavy atom. The van der Waals surface area contributed by atoms with Gasteiger partial charge in [0.05, 0.1) is 6.04 Å². The Bertz CT molecular complexity index is 2230. The molecule has 9 aliphatic carbocycles. The van der Waals surface area contributed by atoms with E-state index in [1.165, 1.54) is 90.7 Å². The minimum Gasteiger partial charge on any atom is -0.338 e. The van der Waals surface area contributed by atoms with E-state index < -0.39 is 0 Å². The highest BCUT2D eigenvalue weighted by Gasteiger charge is 2.31. The smallest absolute Gasteiger partial charge is 0.0556 e. The summed E-state index contributed by atoms with van der Waals surface area (Å²) in [6.45, 7) is 0. The summed E-state index contributed by atoms with van der Waals surface area (Å²) in [5.41, 5.74) is 18.2. The quantitative estimate of drug-likeness (QED) is 0.258. The van der Waals surface area contributed by atoms with Crippen LogP contribution in [0.5, 0.6) is 0 Å². The van der Waals surface area contributed by atoms with Crippen molar-refractivity contribution in [3.63, 3.8) is 0 Å². The van der Waals surface area contributed by atoms with Crippen molar-refractivity contribution in [3.8, 4) is 0 Å². The lowest BCUT2D eigenvalue weighted by molar-refractivity contribution is 0.352. The minimum absolute atomic E-state index is 0.345. The van der Waals surface area contributed by atoms with Gasteiger partial charge in [-0.3, -0.25) is 0 Å². The summed E-state index contributed by atoms with van der Waals surface area (Å²) in [5, 5.41) is 0. The third-order valence-electron chi connectivity index (χ3n) is 13.9. The third-order valence-corrected chi connectivity index (χ3v) is 13.9. The molecule has 0 radical (unpaired) electrons. The van der Waals surface area contributed by atoms with E-state index in [9.17, 15) is 0 Å². The fourth-order valence-corrected chi connectivity index (χ4v) is 10.9. The number of hydrogen-bond donors (Lipinski definition) is 0. The molecule has 10 rings (SSSR count). The van der Waals surface area contributed by atoms with E-state index >= 15 is 0 Å². The van der Waals surface area contributed by atoms with Crippen molar-refractivity contribution in [1.82, 2.24) is 9.47 Å². The summed E-state index contributed by atoms with van der Waals surface area (Å²) in [5.74, 6) is 1.68. The molecule has 2 heteroatoms. The lowest BCUT2D eigenvalue weighted by atomic mass is 9.77. The molecule has 4 unspecified atom stereocenters. The van der Waals surface area contributed by atoms with Crippen LogP contribution in [0.15, 0.2) is 161 Å². The molecule has 0 amide bonds. The van der Waals surface area contributed by atoms with Crippen LogP contribution < -0.4 is 0 Å². The van der Waals surface area contributed by atoms with Crippen molar-refractivity contribution in [2.45, 2.75) is 109 Å². The number of hydrogen-bond acceptors (Lipinski definition) is 1. The van der Waals surface area contributed by atoms with E-state index in [0.717, 1.165) is 51.4 Å². The molecule has 0 aliphatic heterocycles. The van der Waals surface area contributed by atoms with Gasteiger partial charge in [-0.25, -0.2) is 0 Å². The molecule has 1 aromatic heterocycles. The zero-order valence-corrected chi connectivity index (χ0v) is 33.2. The van der Waals surface area contributed by atoms with Crippen molar-refractivity contribution in [2.75, 3.05) is 0 Å². The zero-order chi connectivity index (χ0) is 37.3. The largest absolute Gasteiger partial charge is 0.338 e. The summed E-state index contributed by atoms with van der Waals surface area (Å²) < 4.78 is 2.64. The van der Waals surface area contributed by atoms with E-state index in [1.807, 2.05) is 0 Å². The summed E-state index contributed by atoms with van der Waals surface area (Å²) in [7, 11) is 0. The van der Waals surface area contributed by atoms with Crippen LogP contribution in [-0.2, 0) is 12.8 Å². The molecular weight excluding hydrogens is 677 g/mol. The molecule has 9 aliphatic rings. The highest BCUT2D eigenvalue weighted by molar-refractivity contribution is 5.78. The number of aromatic nitrogens is 1. The van der Waals surface area contributed by atoms with Crippen LogP contribution in [-0.4, -0.2) is 15.5 Å². The maximum Gasteiger partial charge on any atom is 0.0556 e. The molecule has 0 aromatic carbocycles. The molecule has 0 N–H and O–H groups in total. The molecular formula is C54H58N2. The van der Waals surface area contributed by atoms with Gasteiger partial charge >= 0.3 is 0 Å². The van der Waals surface area contributed by atoms with Crippen LogP contribution in [0.1, 0.15) is 112 Å². The first-order valence-electron chi connectivity index (χ1n) is 22.1. The van der Waals surface area contributed by atoms with Gasteiger partial charge in [-0.05, 0) is 149 Å². The van der Waals surface area contributed by atoms with Crippen LogP contribution >= 0.6 is 0 Å². The predicted octanol–water partition coefficient (Wildman–Crippen LogP) is 13.7. The number of fused-ring (bicyclic) bond motifs is 3. The Morgan fingerprint density at radius 3 is 2.14 bits per heavy atom. The second-order valence-electron chi connectivity index (χ2n) is 17.3. The highest BCUT2D eigenvalue weighted by atomic mass is 15.2. The summed E-state index contributed by atoms with van der Waals surface area (Å²) >= 11 is 0. The van der Waals surface area contributed by atoms with Gasteiger partial charge in [0, 0.05) is 51.4 Å². The second kappa shape index (κ2) is 16.0. The van der Waals surface area contributed by atoms with Gasteiger partial charge < -0.3 is 9.47 Å². The number of rotatable bonds is 8. The first-order valence-corrected chi connectivity index (χ1v) is 22.1. The first-order chi connectivity index (χ1) is 27.8. The van der Waals surface area contributed by atoms with E-state index in [0.29, 0.717) is 23.8 Å². The van der Waals surface area contributed by atoms with Crippen LogP contribution in [0.25, 0.3) is 17.8 Å². The SMILES string of the molecule is C1=CCC(C2=CCC(N(C3=CCC(C4=CCCC=C4)C=C3)C3=CC=C(C4=CCC(C5=Cc6c7c(n(C8=CCCC=C8)c6CC5)CCC=C7)CC4)CC3)C=C2)C=C1. The maximum absolute atomic E-state index is 2.68. The van der Waals surface area contributed by atoms with Gasteiger partial charge in [-0.2, -0.15) is 0 Å². The number of allylic oxidation sites excluding steroid dienone is 25. The predicted molar refractivity (Wildman–Crippen MR) is 237 cm³/mol. The van der Waals surface area contributed by atoms with Crippen LogP contribution in [0.3, 0.4) is 0 Å². The Morgan fingerprint density at radius 1 is 0.536 bits per heavy atom. The summed E-state index contributed by atoms with van der Waals surface area (Å²) in [6.07, 6.45) is 71.8. The normalized spacial score (nSPS) is 27.9. The monoisotopic (exact) mass is 734 g/mol. The first kappa shape index (κ1) is 35.6. The molecule has 0 saturated carbocycles. The standard InChI is InChI=1S/C54H58N2/c1-4-12-39(13-5-1)42-24-31-48(32-25-42)55(49-33-26-43(27-34-49)40-14-6-2-7-15-40)50-35-28-44(29-36-50)41-20-22-45(23-21-41)46-30-37-54-52(38-46)51-18-10-11-19-53(51)56(54)47-16-8-3-9-17-47/h1,4-6,8,10,12,14-18,20,24-26,28,31,33-35,38-39,43,45,48H,2-3,7,9,11,13,19,21-23,27,29-30,32,36-37H2. The molecule has 56 heavy (non-hydrogen) atoms. The third kappa shape index (κ3) is 7.06.